The van der Waals surface area contributed by atoms with Crippen molar-refractivity contribution in [3.05, 3.63) is 53.6 Å². The summed E-state index contributed by atoms with van der Waals surface area (Å²) in [6, 6.07) is 14.1. The molecule has 0 aliphatic heterocycles. The van der Waals surface area contributed by atoms with Crippen LogP contribution in [0, 0.1) is 0 Å². The first-order valence-electron chi connectivity index (χ1n) is 8.19. The molecule has 2 aromatic carbocycles. The number of para-hydroxylation sites is 2. The summed E-state index contributed by atoms with van der Waals surface area (Å²) in [7, 11) is 0. The molecule has 138 valence electrons. The predicted molar refractivity (Wildman–Crippen MR) is 108 cm³/mol. The van der Waals surface area contributed by atoms with Gasteiger partial charge >= 0.3 is 0 Å². The van der Waals surface area contributed by atoms with Crippen molar-refractivity contribution in [2.24, 2.45) is 0 Å². The van der Waals surface area contributed by atoms with Crippen LogP contribution in [0.1, 0.15) is 13.8 Å². The van der Waals surface area contributed by atoms with Gasteiger partial charge < -0.3 is 15.4 Å². The fourth-order valence-corrected chi connectivity index (χ4v) is 2.90. The number of carbonyl (C=O) groups excluding carboxylic acids is 2. The van der Waals surface area contributed by atoms with Crippen LogP contribution in [-0.2, 0) is 9.59 Å². The summed E-state index contributed by atoms with van der Waals surface area (Å²) in [6.07, 6.45) is 0. The maximum absolute atomic E-state index is 12.3. The van der Waals surface area contributed by atoms with Gasteiger partial charge in [-0.1, -0.05) is 23.7 Å². The van der Waals surface area contributed by atoms with Gasteiger partial charge in [0.1, 0.15) is 5.75 Å². The Hall–Kier alpha value is -2.18. The summed E-state index contributed by atoms with van der Waals surface area (Å²) in [5.74, 6) is 0.443. The number of benzene rings is 2. The third-order valence-corrected chi connectivity index (χ3v) is 4.80. The van der Waals surface area contributed by atoms with Crippen molar-refractivity contribution in [2.45, 2.75) is 19.1 Å². The van der Waals surface area contributed by atoms with Crippen molar-refractivity contribution >= 4 is 46.6 Å². The van der Waals surface area contributed by atoms with E-state index >= 15 is 0 Å². The van der Waals surface area contributed by atoms with Crippen LogP contribution in [0.3, 0.4) is 0 Å². The second-order valence-corrected chi connectivity index (χ2v) is 7.19. The van der Waals surface area contributed by atoms with Crippen LogP contribution >= 0.6 is 23.4 Å². The van der Waals surface area contributed by atoms with E-state index in [0.29, 0.717) is 28.8 Å². The molecule has 0 aliphatic rings. The first-order chi connectivity index (χ1) is 12.5. The molecule has 0 spiro atoms. The maximum atomic E-state index is 12.3. The number of carbonyl (C=O) groups is 2. The Morgan fingerprint density at radius 1 is 1.12 bits per heavy atom. The van der Waals surface area contributed by atoms with E-state index in [1.807, 2.05) is 19.1 Å². The van der Waals surface area contributed by atoms with E-state index in [1.165, 1.54) is 11.8 Å². The highest BCUT2D eigenvalue weighted by Gasteiger charge is 2.17. The Balaban J connectivity index is 1.83. The number of rotatable bonds is 8. The van der Waals surface area contributed by atoms with Crippen LogP contribution in [0.2, 0.25) is 5.02 Å². The summed E-state index contributed by atoms with van der Waals surface area (Å²) in [5, 5.41) is 5.83. The van der Waals surface area contributed by atoms with Crippen LogP contribution in [0.15, 0.2) is 48.5 Å². The molecule has 1 atom stereocenters. The first-order valence-corrected chi connectivity index (χ1v) is 9.62. The zero-order valence-electron chi connectivity index (χ0n) is 14.6. The molecular formula is C19H21ClN2O3S. The van der Waals surface area contributed by atoms with Gasteiger partial charge in [0.2, 0.25) is 11.8 Å². The zero-order chi connectivity index (χ0) is 18.9. The molecule has 5 nitrogen and oxygen atoms in total. The monoisotopic (exact) mass is 392 g/mol. The van der Waals surface area contributed by atoms with Gasteiger partial charge in [-0.3, -0.25) is 9.59 Å². The normalized spacial score (nSPS) is 11.5. The molecule has 0 aromatic heterocycles. The van der Waals surface area contributed by atoms with Gasteiger partial charge in [0.25, 0.3) is 0 Å². The number of halogens is 1. The Labute approximate surface area is 162 Å². The van der Waals surface area contributed by atoms with Gasteiger partial charge in [-0.15, -0.1) is 11.8 Å². The fraction of sp³-hybridized carbons (Fsp3) is 0.263. The number of nitrogens with one attached hydrogen (secondary N) is 2. The largest absolute Gasteiger partial charge is 0.492 e. The molecule has 2 N–H and O–H groups in total. The molecule has 2 aromatic rings. The molecule has 0 aliphatic carbocycles. The van der Waals surface area contributed by atoms with Crippen molar-refractivity contribution in [1.29, 1.82) is 0 Å². The molecule has 26 heavy (non-hydrogen) atoms. The summed E-state index contributed by atoms with van der Waals surface area (Å²) in [5.41, 5.74) is 1.29. The predicted octanol–water partition coefficient (Wildman–Crippen LogP) is 4.44. The van der Waals surface area contributed by atoms with Crippen LogP contribution in [0.5, 0.6) is 5.75 Å². The van der Waals surface area contributed by atoms with Gasteiger partial charge in [-0.05, 0) is 50.2 Å². The van der Waals surface area contributed by atoms with E-state index in [1.54, 1.807) is 43.3 Å². The number of anilines is 2. The molecule has 0 bridgehead atoms. The summed E-state index contributed by atoms with van der Waals surface area (Å²) in [6.45, 7) is 4.16. The minimum Gasteiger partial charge on any atom is -0.492 e. The third kappa shape index (κ3) is 6.28. The first kappa shape index (κ1) is 20.1. The Bertz CT molecular complexity index is 753. The van der Waals surface area contributed by atoms with Gasteiger partial charge in [0, 0.05) is 10.7 Å². The molecule has 0 unspecified atom stereocenters. The van der Waals surface area contributed by atoms with E-state index in [2.05, 4.69) is 10.6 Å². The number of hydrogen-bond donors (Lipinski definition) is 2. The average Bonchev–Trinajstić information content (AvgIpc) is 2.63. The zero-order valence-corrected chi connectivity index (χ0v) is 16.2. The van der Waals surface area contributed by atoms with Crippen molar-refractivity contribution in [1.82, 2.24) is 0 Å². The fourth-order valence-electron chi connectivity index (χ4n) is 2.09. The van der Waals surface area contributed by atoms with E-state index in [4.69, 9.17) is 16.3 Å². The van der Waals surface area contributed by atoms with Crippen molar-refractivity contribution in [3.63, 3.8) is 0 Å². The van der Waals surface area contributed by atoms with Gasteiger partial charge in [-0.25, -0.2) is 0 Å². The van der Waals surface area contributed by atoms with E-state index in [-0.39, 0.29) is 22.8 Å². The second-order valence-electron chi connectivity index (χ2n) is 5.43. The Kier molecular flexibility index (Phi) is 7.81. The lowest BCUT2D eigenvalue weighted by Crippen LogP contribution is -2.25. The van der Waals surface area contributed by atoms with E-state index in [9.17, 15) is 9.59 Å². The topological polar surface area (TPSA) is 67.4 Å². The number of ether oxygens (including phenoxy) is 1. The minimum atomic E-state index is -0.388. The second kappa shape index (κ2) is 10.1. The van der Waals surface area contributed by atoms with E-state index < -0.39 is 0 Å². The van der Waals surface area contributed by atoms with Crippen LogP contribution < -0.4 is 15.4 Å². The highest BCUT2D eigenvalue weighted by Crippen LogP contribution is 2.25. The molecule has 0 heterocycles. The molecule has 0 saturated carbocycles. The lowest BCUT2D eigenvalue weighted by molar-refractivity contribution is -0.115. The lowest BCUT2D eigenvalue weighted by Gasteiger charge is -2.14. The minimum absolute atomic E-state index is 0.171. The van der Waals surface area contributed by atoms with Gasteiger partial charge in [0.15, 0.2) is 0 Å². The quantitative estimate of drug-likeness (QED) is 0.697. The highest BCUT2D eigenvalue weighted by molar-refractivity contribution is 8.01. The van der Waals surface area contributed by atoms with Crippen LogP contribution in [0.25, 0.3) is 0 Å². The summed E-state index contributed by atoms with van der Waals surface area (Å²) < 4.78 is 5.50. The molecule has 2 amide bonds. The Morgan fingerprint density at radius 2 is 1.81 bits per heavy atom. The van der Waals surface area contributed by atoms with Crippen LogP contribution in [-0.4, -0.2) is 29.4 Å². The maximum Gasteiger partial charge on any atom is 0.237 e. The number of amides is 2. The standard InChI is InChI=1S/C19H21ClN2O3S/c1-3-25-17-7-5-4-6-16(17)22-19(24)13(2)26-12-18(23)21-15-10-8-14(20)9-11-15/h4-11,13H,3,12H2,1-2H3,(H,21,23)(H,22,24)/t13-/m1/s1. The number of thioether (sulfide) groups is 1. The van der Waals surface area contributed by atoms with Crippen LogP contribution in [0.4, 0.5) is 11.4 Å². The molecule has 0 saturated heterocycles. The number of hydrogen-bond acceptors (Lipinski definition) is 4. The smallest absolute Gasteiger partial charge is 0.237 e. The third-order valence-electron chi connectivity index (χ3n) is 3.41. The van der Waals surface area contributed by atoms with Crippen molar-refractivity contribution in [2.75, 3.05) is 23.0 Å². The SMILES string of the molecule is CCOc1ccccc1NC(=O)[C@@H](C)SCC(=O)Nc1ccc(Cl)cc1. The lowest BCUT2D eigenvalue weighted by atomic mass is 10.3. The van der Waals surface area contributed by atoms with E-state index in [0.717, 1.165) is 0 Å². The average molecular weight is 393 g/mol. The summed E-state index contributed by atoms with van der Waals surface area (Å²) in [4.78, 5) is 24.3. The van der Waals surface area contributed by atoms with Crippen molar-refractivity contribution < 1.29 is 14.3 Å². The molecule has 7 heteroatoms. The highest BCUT2D eigenvalue weighted by atomic mass is 35.5. The van der Waals surface area contributed by atoms with Gasteiger partial charge in [0.05, 0.1) is 23.3 Å². The van der Waals surface area contributed by atoms with Crippen molar-refractivity contribution in [3.8, 4) is 5.75 Å². The molecule has 2 rings (SSSR count). The molecule has 0 fully saturated rings. The molecular weight excluding hydrogens is 372 g/mol. The van der Waals surface area contributed by atoms with Gasteiger partial charge in [-0.2, -0.15) is 0 Å². The summed E-state index contributed by atoms with van der Waals surface area (Å²) >= 11 is 7.08. The Morgan fingerprint density at radius 3 is 2.50 bits per heavy atom. The molecule has 0 radical (unpaired) electrons.